The molecule has 0 radical (unpaired) electrons. The maximum Gasteiger partial charge on any atom is 0.265 e. The molecule has 3 N–H and O–H groups in total. The molecule has 0 saturated heterocycles. The van der Waals surface area contributed by atoms with Crippen LogP contribution in [0.5, 0.6) is 0 Å². The monoisotopic (exact) mass is 357 g/mol. The molecule has 1 aromatic heterocycles. The number of benzene rings is 1. The second-order valence-electron chi connectivity index (χ2n) is 5.82. The Bertz CT molecular complexity index is 811. The number of amides is 3. The minimum Gasteiger partial charge on any atom is -0.352 e. The number of rotatable bonds is 6. The van der Waals surface area contributed by atoms with E-state index in [2.05, 4.69) is 16.0 Å². The van der Waals surface area contributed by atoms with Crippen molar-refractivity contribution >= 4 is 39.7 Å². The molecule has 3 amide bonds. The largest absolute Gasteiger partial charge is 0.352 e. The van der Waals surface area contributed by atoms with Crippen LogP contribution in [0.1, 0.15) is 39.8 Å². The van der Waals surface area contributed by atoms with Crippen LogP contribution in [0.4, 0.5) is 10.7 Å². The highest BCUT2D eigenvalue weighted by molar-refractivity contribution is 7.18. The van der Waals surface area contributed by atoms with E-state index in [-0.39, 0.29) is 23.6 Å². The van der Waals surface area contributed by atoms with Gasteiger partial charge in [0.25, 0.3) is 11.8 Å². The first-order valence-electron chi connectivity index (χ1n) is 8.17. The maximum atomic E-state index is 12.4. The van der Waals surface area contributed by atoms with Crippen molar-refractivity contribution in [1.29, 1.82) is 0 Å². The lowest BCUT2D eigenvalue weighted by Gasteiger charge is -2.06. The molecule has 1 aromatic carbocycles. The average Bonchev–Trinajstić information content (AvgIpc) is 3.35. The Labute approximate surface area is 149 Å². The SMILES string of the molecule is CCNC(=O)c1cccc(NC(=O)c2ccc(NC(=O)C3CC3)s2)c1. The van der Waals surface area contributed by atoms with Crippen molar-refractivity contribution in [1.82, 2.24) is 5.32 Å². The Hall–Kier alpha value is -2.67. The quantitative estimate of drug-likeness (QED) is 0.742. The first kappa shape index (κ1) is 17.2. The molecule has 0 spiro atoms. The van der Waals surface area contributed by atoms with Gasteiger partial charge >= 0.3 is 0 Å². The molecule has 1 heterocycles. The molecule has 0 atom stereocenters. The second kappa shape index (κ2) is 7.48. The van der Waals surface area contributed by atoms with Gasteiger partial charge in [0, 0.05) is 23.7 Å². The van der Waals surface area contributed by atoms with Crippen molar-refractivity contribution in [2.45, 2.75) is 19.8 Å². The normalized spacial score (nSPS) is 13.2. The molecule has 3 rings (SSSR count). The smallest absolute Gasteiger partial charge is 0.265 e. The fourth-order valence-electron chi connectivity index (χ4n) is 2.29. The van der Waals surface area contributed by atoms with Gasteiger partial charge in [-0.2, -0.15) is 0 Å². The van der Waals surface area contributed by atoms with Crippen LogP contribution >= 0.6 is 11.3 Å². The zero-order valence-corrected chi connectivity index (χ0v) is 14.6. The van der Waals surface area contributed by atoms with E-state index in [0.717, 1.165) is 12.8 Å². The van der Waals surface area contributed by atoms with Gasteiger partial charge in [0.1, 0.15) is 0 Å². The topological polar surface area (TPSA) is 87.3 Å². The lowest BCUT2D eigenvalue weighted by Crippen LogP contribution is -2.22. The van der Waals surface area contributed by atoms with Crippen LogP contribution in [-0.2, 0) is 4.79 Å². The zero-order valence-electron chi connectivity index (χ0n) is 13.8. The van der Waals surface area contributed by atoms with E-state index in [4.69, 9.17) is 0 Å². The van der Waals surface area contributed by atoms with Crippen LogP contribution in [0.2, 0.25) is 0 Å². The minimum atomic E-state index is -0.273. The summed E-state index contributed by atoms with van der Waals surface area (Å²) in [6.07, 6.45) is 1.87. The summed E-state index contributed by atoms with van der Waals surface area (Å²) in [6.45, 7) is 2.39. The van der Waals surface area contributed by atoms with Gasteiger partial charge in [-0.3, -0.25) is 14.4 Å². The molecule has 2 aromatic rings. The maximum absolute atomic E-state index is 12.4. The fraction of sp³-hybridized carbons (Fsp3) is 0.278. The highest BCUT2D eigenvalue weighted by atomic mass is 32.1. The number of hydrogen-bond acceptors (Lipinski definition) is 4. The second-order valence-corrected chi connectivity index (χ2v) is 6.91. The summed E-state index contributed by atoms with van der Waals surface area (Å²) < 4.78 is 0. The Kier molecular flexibility index (Phi) is 5.14. The van der Waals surface area contributed by atoms with Crippen molar-refractivity contribution < 1.29 is 14.4 Å². The first-order chi connectivity index (χ1) is 12.1. The fourth-order valence-corrected chi connectivity index (χ4v) is 3.09. The van der Waals surface area contributed by atoms with Crippen LogP contribution in [0.3, 0.4) is 0 Å². The summed E-state index contributed by atoms with van der Waals surface area (Å²) in [5.74, 6) is -0.315. The van der Waals surface area contributed by atoms with Gasteiger partial charge in [-0.15, -0.1) is 11.3 Å². The third kappa shape index (κ3) is 4.45. The van der Waals surface area contributed by atoms with Gasteiger partial charge in [-0.1, -0.05) is 6.07 Å². The Morgan fingerprint density at radius 2 is 1.88 bits per heavy atom. The number of anilines is 2. The van der Waals surface area contributed by atoms with Gasteiger partial charge in [0.15, 0.2) is 0 Å². The Morgan fingerprint density at radius 3 is 2.60 bits per heavy atom. The molecule has 0 aliphatic heterocycles. The summed E-state index contributed by atoms with van der Waals surface area (Å²) in [4.78, 5) is 36.5. The van der Waals surface area contributed by atoms with Gasteiger partial charge in [0.2, 0.25) is 5.91 Å². The molecular weight excluding hydrogens is 338 g/mol. The van der Waals surface area contributed by atoms with E-state index in [9.17, 15) is 14.4 Å². The van der Waals surface area contributed by atoms with Crippen LogP contribution in [0, 0.1) is 5.92 Å². The first-order valence-corrected chi connectivity index (χ1v) is 8.99. The predicted molar refractivity (Wildman–Crippen MR) is 98.1 cm³/mol. The molecule has 7 heteroatoms. The van der Waals surface area contributed by atoms with Crippen molar-refractivity contribution in [2.75, 3.05) is 17.2 Å². The summed E-state index contributed by atoms with van der Waals surface area (Å²) in [5.41, 5.74) is 1.04. The standard InChI is InChI=1S/C18H19N3O3S/c1-2-19-16(22)12-4-3-5-13(10-12)20-18(24)14-8-9-15(25-14)21-17(23)11-6-7-11/h3-5,8-11H,2,6-7H2,1H3,(H,19,22)(H,20,24)(H,21,23). The molecule has 0 bridgehead atoms. The van der Waals surface area contributed by atoms with Crippen molar-refractivity contribution in [3.05, 3.63) is 46.8 Å². The summed E-state index contributed by atoms with van der Waals surface area (Å²) in [5, 5.41) is 8.99. The lowest BCUT2D eigenvalue weighted by molar-refractivity contribution is -0.117. The average molecular weight is 357 g/mol. The summed E-state index contributed by atoms with van der Waals surface area (Å²) >= 11 is 1.23. The molecule has 1 saturated carbocycles. The van der Waals surface area contributed by atoms with Crippen LogP contribution < -0.4 is 16.0 Å². The Balaban J connectivity index is 1.64. The van der Waals surface area contributed by atoms with E-state index in [1.165, 1.54) is 11.3 Å². The van der Waals surface area contributed by atoms with E-state index in [1.807, 2.05) is 6.92 Å². The van der Waals surface area contributed by atoms with E-state index in [0.29, 0.717) is 27.7 Å². The van der Waals surface area contributed by atoms with Gasteiger partial charge in [-0.25, -0.2) is 0 Å². The minimum absolute atomic E-state index is 0.0171. The molecule has 25 heavy (non-hydrogen) atoms. The highest BCUT2D eigenvalue weighted by Crippen LogP contribution is 2.31. The van der Waals surface area contributed by atoms with E-state index in [1.54, 1.807) is 36.4 Å². The molecular formula is C18H19N3O3S. The molecule has 130 valence electrons. The Morgan fingerprint density at radius 1 is 1.08 bits per heavy atom. The van der Waals surface area contributed by atoms with Crippen molar-refractivity contribution in [3.8, 4) is 0 Å². The molecule has 1 aliphatic carbocycles. The summed E-state index contributed by atoms with van der Waals surface area (Å²) in [7, 11) is 0. The number of thiophene rings is 1. The van der Waals surface area contributed by atoms with Crippen molar-refractivity contribution in [2.24, 2.45) is 5.92 Å². The molecule has 6 nitrogen and oxygen atoms in total. The molecule has 1 fully saturated rings. The number of carbonyl (C=O) groups is 3. The number of nitrogens with one attached hydrogen (secondary N) is 3. The molecule has 1 aliphatic rings. The van der Waals surface area contributed by atoms with E-state index >= 15 is 0 Å². The number of carbonyl (C=O) groups excluding carboxylic acids is 3. The van der Waals surface area contributed by atoms with Crippen molar-refractivity contribution in [3.63, 3.8) is 0 Å². The molecule has 0 unspecified atom stereocenters. The van der Waals surface area contributed by atoms with Crippen LogP contribution in [-0.4, -0.2) is 24.3 Å². The third-order valence-electron chi connectivity index (χ3n) is 3.74. The lowest BCUT2D eigenvalue weighted by atomic mass is 10.2. The number of hydrogen-bond donors (Lipinski definition) is 3. The van der Waals surface area contributed by atoms with Gasteiger partial charge in [0.05, 0.1) is 9.88 Å². The predicted octanol–water partition coefficient (Wildman–Crippen LogP) is 3.10. The zero-order chi connectivity index (χ0) is 17.8. The van der Waals surface area contributed by atoms with Gasteiger partial charge < -0.3 is 16.0 Å². The van der Waals surface area contributed by atoms with Crippen LogP contribution in [0.25, 0.3) is 0 Å². The summed E-state index contributed by atoms with van der Waals surface area (Å²) in [6, 6.07) is 10.2. The van der Waals surface area contributed by atoms with Crippen LogP contribution in [0.15, 0.2) is 36.4 Å². The van der Waals surface area contributed by atoms with E-state index < -0.39 is 0 Å². The van der Waals surface area contributed by atoms with Gasteiger partial charge in [-0.05, 0) is 50.1 Å². The third-order valence-corrected chi connectivity index (χ3v) is 4.74. The highest BCUT2D eigenvalue weighted by Gasteiger charge is 2.29.